The highest BCUT2D eigenvalue weighted by molar-refractivity contribution is 7.00. The Kier molecular flexibility index (Phi) is 19.8. The lowest BCUT2D eigenvalue weighted by Gasteiger charge is -2.46. The van der Waals surface area contributed by atoms with E-state index in [1.807, 2.05) is 0 Å². The summed E-state index contributed by atoms with van der Waals surface area (Å²) in [5, 5.41) is 7.36. The predicted molar refractivity (Wildman–Crippen MR) is 579 cm³/mol. The van der Waals surface area contributed by atoms with Crippen molar-refractivity contribution < 1.29 is 0 Å². The van der Waals surface area contributed by atoms with Crippen LogP contribution in [0.2, 0.25) is 0 Å². The van der Waals surface area contributed by atoms with Gasteiger partial charge < -0.3 is 28.4 Å². The van der Waals surface area contributed by atoms with Crippen LogP contribution in [0.4, 0.5) is 51.2 Å². The predicted octanol–water partition coefficient (Wildman–Crippen LogP) is 33.4. The molecule has 7 heteroatoms. The normalized spacial score (nSPS) is 13.0. The van der Waals surface area contributed by atoms with Crippen LogP contribution >= 0.6 is 0 Å². The van der Waals surface area contributed by atoms with Gasteiger partial charge >= 0.3 is 0 Å². The first-order chi connectivity index (χ1) is 65.1. The first kappa shape index (κ1) is 84.1. The van der Waals surface area contributed by atoms with Gasteiger partial charge in [-0.1, -0.05) is 347 Å². The second-order valence-electron chi connectivity index (χ2n) is 42.6. The maximum absolute atomic E-state index is 2.76. The second kappa shape index (κ2) is 31.8. The largest absolute Gasteiger partial charge is 0.311 e. The lowest BCUT2D eigenvalue weighted by Crippen LogP contribution is -2.61. The van der Waals surface area contributed by atoms with Gasteiger partial charge in [0, 0.05) is 100 Å². The molecule has 0 unspecified atom stereocenters. The molecule has 2 aliphatic heterocycles. The molecule has 2 aliphatic rings. The zero-order valence-corrected chi connectivity index (χ0v) is 79.9. The highest BCUT2D eigenvalue weighted by Gasteiger charge is 2.46. The first-order valence-electron chi connectivity index (χ1n) is 48.0. The van der Waals surface area contributed by atoms with Crippen molar-refractivity contribution in [1.29, 1.82) is 0 Å². The van der Waals surface area contributed by atoms with Gasteiger partial charge in [0.1, 0.15) is 0 Å². The first-order valence-corrected chi connectivity index (χ1v) is 48.0. The fraction of sp³-hybridized carbons (Fsp3) is 0.156. The van der Waals surface area contributed by atoms with Crippen LogP contribution in [-0.4, -0.2) is 20.4 Å². The molecule has 0 atom stereocenters. The topological polar surface area (TPSA) is 24.5 Å². The molecule has 3 aromatic heterocycles. The maximum atomic E-state index is 2.76. The van der Waals surface area contributed by atoms with Crippen LogP contribution in [0.25, 0.3) is 138 Å². The van der Waals surface area contributed by atoms with E-state index in [4.69, 9.17) is 0 Å². The number of hydrogen-bond acceptors (Lipinski definition) is 3. The van der Waals surface area contributed by atoms with E-state index in [2.05, 4.69) is 533 Å². The number of para-hydroxylation sites is 4. The van der Waals surface area contributed by atoms with Crippen molar-refractivity contribution in [3.05, 3.63) is 428 Å². The molecule has 0 N–H and O–H groups in total. The zero-order chi connectivity index (χ0) is 92.5. The molecule has 0 saturated heterocycles. The van der Waals surface area contributed by atoms with Crippen LogP contribution in [0.5, 0.6) is 0 Å². The molecule has 23 rings (SSSR count). The molecule has 21 aromatic rings. The summed E-state index contributed by atoms with van der Waals surface area (Å²) in [6.45, 7) is 35.0. The lowest BCUT2D eigenvalue weighted by molar-refractivity contribution is 0.569. The summed E-state index contributed by atoms with van der Waals surface area (Å²) in [5.41, 5.74) is 40.2. The third-order valence-corrected chi connectivity index (χ3v) is 28.7. The summed E-state index contributed by atoms with van der Waals surface area (Å²) >= 11 is 0. The molecule has 0 bridgehead atoms. The molecule has 0 aliphatic carbocycles. The molecule has 0 amide bonds. The van der Waals surface area contributed by atoms with Crippen molar-refractivity contribution >= 4 is 140 Å². The molecule has 0 spiro atoms. The van der Waals surface area contributed by atoms with Gasteiger partial charge in [-0.3, -0.25) is 0 Å². The van der Waals surface area contributed by atoms with Gasteiger partial charge in [-0.15, -0.1) is 0 Å². The standard InChI is InChI=1S/C128H111BN6/c1-124(2,3)90-53-66-116-108(75-90)109-76-91(125(4,5)6)54-67-117(109)133(116)99-63-65-111-119(79-99)135(123-106(84-40-24-18-25-41-84)77-94(128(13,14)15)78-107(123)85-42-26-19-27-43-85)121-81-101(130(95-55-59-97(60-56-95)131-112-48-32-28-44-102(112)103-45-29-33-49-113(103)131)96-57-61-98(62-58-96)132-114-50-34-30-46-104(114)105-47-31-35-51-115(105)132)80-120-122(121)129(111)110-64-52-86(89-69-92(126(7,8)9)74-93(70-89)127(10,11)12)73-118(110)134(120)100-71-87(82-36-20-16-21-37-82)68-88(72-100)83-38-22-17-23-39-83/h16-81H,1-15H3. The highest BCUT2D eigenvalue weighted by atomic mass is 15.2. The average molecular weight is 1740 g/mol. The van der Waals surface area contributed by atoms with Crippen LogP contribution in [-0.2, 0) is 27.1 Å². The molecule has 5 heterocycles. The quantitative estimate of drug-likeness (QED) is 0.108. The Morgan fingerprint density at radius 3 is 0.956 bits per heavy atom. The van der Waals surface area contributed by atoms with E-state index in [1.54, 1.807) is 0 Å². The summed E-state index contributed by atoms with van der Waals surface area (Å²) in [4.78, 5) is 8.00. The third-order valence-electron chi connectivity index (χ3n) is 28.7. The molecule has 0 fully saturated rings. The van der Waals surface area contributed by atoms with E-state index in [0.717, 1.165) is 151 Å². The van der Waals surface area contributed by atoms with Crippen LogP contribution < -0.4 is 31.1 Å². The van der Waals surface area contributed by atoms with Gasteiger partial charge in [0.25, 0.3) is 6.71 Å². The fourth-order valence-electron chi connectivity index (χ4n) is 21.5. The number of benzene rings is 18. The number of nitrogens with zero attached hydrogens (tertiary/aromatic N) is 6. The molecule has 0 radical (unpaired) electrons. The van der Waals surface area contributed by atoms with Crippen molar-refractivity contribution in [1.82, 2.24) is 13.7 Å². The minimum Gasteiger partial charge on any atom is -0.311 e. The van der Waals surface area contributed by atoms with Crippen LogP contribution in [0.15, 0.2) is 400 Å². The van der Waals surface area contributed by atoms with Crippen LogP contribution in [0.3, 0.4) is 0 Å². The van der Waals surface area contributed by atoms with Crippen LogP contribution in [0, 0.1) is 0 Å². The summed E-state index contributed by atoms with van der Waals surface area (Å²) in [6.07, 6.45) is 0. The number of rotatable bonds is 13. The van der Waals surface area contributed by atoms with E-state index >= 15 is 0 Å². The van der Waals surface area contributed by atoms with Crippen molar-refractivity contribution in [2.45, 2.75) is 131 Å². The van der Waals surface area contributed by atoms with E-state index in [9.17, 15) is 0 Å². The molecular weight excluding hydrogens is 1630 g/mol. The van der Waals surface area contributed by atoms with Crippen molar-refractivity contribution in [2.75, 3.05) is 14.7 Å². The van der Waals surface area contributed by atoms with Crippen molar-refractivity contribution in [2.24, 2.45) is 0 Å². The van der Waals surface area contributed by atoms with E-state index < -0.39 is 0 Å². The Morgan fingerprint density at radius 2 is 0.541 bits per heavy atom. The minimum absolute atomic E-state index is 0.103. The van der Waals surface area contributed by atoms with Crippen LogP contribution in [0.1, 0.15) is 132 Å². The van der Waals surface area contributed by atoms with Crippen molar-refractivity contribution in [3.8, 4) is 72.7 Å². The monoisotopic (exact) mass is 1740 g/mol. The smallest absolute Gasteiger partial charge is 0.252 e. The highest BCUT2D eigenvalue weighted by Crippen LogP contribution is 2.56. The number of fused-ring (bicyclic) bond motifs is 13. The number of hydrogen-bond donors (Lipinski definition) is 0. The molecule has 656 valence electrons. The molecule has 6 nitrogen and oxygen atoms in total. The Bertz CT molecular complexity index is 7800. The summed E-state index contributed by atoms with van der Waals surface area (Å²) in [7, 11) is 0. The maximum Gasteiger partial charge on any atom is 0.252 e. The lowest BCUT2D eigenvalue weighted by atomic mass is 9.33. The van der Waals surface area contributed by atoms with Gasteiger partial charge in [-0.2, -0.15) is 0 Å². The van der Waals surface area contributed by atoms with Crippen molar-refractivity contribution in [3.63, 3.8) is 0 Å². The van der Waals surface area contributed by atoms with E-state index in [1.165, 1.54) is 82.1 Å². The Morgan fingerprint density at radius 1 is 0.200 bits per heavy atom. The number of aromatic nitrogens is 3. The summed E-state index contributed by atoms with van der Waals surface area (Å²) < 4.78 is 7.46. The third kappa shape index (κ3) is 14.5. The van der Waals surface area contributed by atoms with Gasteiger partial charge in [0.15, 0.2) is 0 Å². The Balaban J connectivity index is 0.891. The fourth-order valence-corrected chi connectivity index (χ4v) is 21.5. The summed E-state index contributed by atoms with van der Waals surface area (Å²) in [6, 6.07) is 154. The average Bonchev–Trinajstić information content (AvgIpc) is 1.38. The van der Waals surface area contributed by atoms with Gasteiger partial charge in [-0.05, 0) is 274 Å². The van der Waals surface area contributed by atoms with Gasteiger partial charge in [0.2, 0.25) is 0 Å². The second-order valence-corrected chi connectivity index (χ2v) is 42.6. The number of anilines is 9. The molecule has 135 heavy (non-hydrogen) atoms. The Hall–Kier alpha value is -15.2. The SMILES string of the molecule is CC(C)(C)c1cc(-c2ccc3c(c2)N(c2cc(-c4ccccc4)cc(-c4ccccc4)c2)c2cc(N(c4ccc(-n5c6ccccc6c6ccccc65)cc4)c4ccc(-n5c6ccccc6c6ccccc65)cc4)cc4c2B3c2ccc(-n3c5ccc(C(C)(C)C)cc5c5cc(C(C)(C)C)ccc53)cc2N4c2c(-c3ccccc3)cc(C(C)(C)C)cc2-c2ccccc2)cc(C(C)(C)C)c1. The van der Waals surface area contributed by atoms with Gasteiger partial charge in [-0.25, -0.2) is 0 Å². The molecular formula is C128H111BN6. The van der Waals surface area contributed by atoms with Gasteiger partial charge in [0.05, 0.1) is 44.5 Å². The molecule has 18 aromatic carbocycles. The molecule has 0 saturated carbocycles. The van der Waals surface area contributed by atoms with E-state index in [-0.39, 0.29) is 33.8 Å². The Labute approximate surface area is 794 Å². The summed E-state index contributed by atoms with van der Waals surface area (Å²) in [5.74, 6) is 0. The van der Waals surface area contributed by atoms with E-state index in [0.29, 0.717) is 0 Å². The zero-order valence-electron chi connectivity index (χ0n) is 79.9. The minimum atomic E-state index is -0.345.